The van der Waals surface area contributed by atoms with Crippen LogP contribution in [0.1, 0.15) is 91.1 Å². The Balaban J connectivity index is 1.55. The Kier molecular flexibility index (Phi) is 10.3. The highest BCUT2D eigenvalue weighted by Gasteiger charge is 2.19. The number of carbonyl (C=O) groups excluding carboxylic acids is 1. The van der Waals surface area contributed by atoms with Crippen LogP contribution in [0.5, 0.6) is 0 Å². The highest BCUT2D eigenvalue weighted by atomic mass is 32.1. The van der Waals surface area contributed by atoms with E-state index in [1.807, 2.05) is 12.3 Å². The first-order valence-corrected chi connectivity index (χ1v) is 15.3. The number of hydrogen-bond donors (Lipinski definition) is 1. The van der Waals surface area contributed by atoms with Gasteiger partial charge in [0.2, 0.25) is 0 Å². The maximum absolute atomic E-state index is 12.7. The van der Waals surface area contributed by atoms with Crippen molar-refractivity contribution in [3.8, 4) is 0 Å². The average Bonchev–Trinajstić information content (AvgIpc) is 3.42. The fourth-order valence-corrected chi connectivity index (χ4v) is 5.68. The first kappa shape index (κ1) is 29.7. The molecule has 1 heterocycles. The molecule has 0 saturated carbocycles. The van der Waals surface area contributed by atoms with Crippen LogP contribution in [0.3, 0.4) is 0 Å². The predicted molar refractivity (Wildman–Crippen MR) is 168 cm³/mol. The van der Waals surface area contributed by atoms with Gasteiger partial charge in [-0.25, -0.2) is 4.98 Å². The molecule has 0 bridgehead atoms. The smallest absolute Gasteiger partial charge is 0.270 e. The summed E-state index contributed by atoms with van der Waals surface area (Å²) in [6.45, 7) is 13.3. The van der Waals surface area contributed by atoms with E-state index in [1.165, 1.54) is 22.3 Å². The minimum Gasteiger partial charge on any atom is -0.348 e. The van der Waals surface area contributed by atoms with Gasteiger partial charge in [-0.05, 0) is 54.0 Å². The number of rotatable bonds is 12. The largest absolute Gasteiger partial charge is 0.348 e. The van der Waals surface area contributed by atoms with Crippen molar-refractivity contribution >= 4 is 17.2 Å². The second-order valence-corrected chi connectivity index (χ2v) is 12.7. The lowest BCUT2D eigenvalue weighted by Gasteiger charge is -2.26. The molecular formula is C35H43N3OS. The lowest BCUT2D eigenvalue weighted by Crippen LogP contribution is -2.32. The molecule has 40 heavy (non-hydrogen) atoms. The molecule has 1 aromatic heterocycles. The molecule has 4 rings (SSSR count). The van der Waals surface area contributed by atoms with Gasteiger partial charge in [-0.1, -0.05) is 113 Å². The van der Waals surface area contributed by atoms with Crippen molar-refractivity contribution in [2.24, 2.45) is 0 Å². The second kappa shape index (κ2) is 13.9. The number of thiazole rings is 1. The van der Waals surface area contributed by atoms with E-state index >= 15 is 0 Å². The number of aromatic nitrogens is 1. The number of carbonyl (C=O) groups is 1. The Bertz CT molecular complexity index is 1290. The summed E-state index contributed by atoms with van der Waals surface area (Å²) in [6, 6.07) is 30.8. The summed E-state index contributed by atoms with van der Waals surface area (Å²) in [5, 5.41) is 5.90. The Labute approximate surface area is 244 Å². The third kappa shape index (κ3) is 8.36. The standard InChI is InChI=1S/C35H43N3OS/c1-6-26(2)36-34(39)32-25-40-33(37-32)24-38(23-27-17-19-30(20-18-27)35(3,4)5)22-21-31(28-13-9-7-10-14-28)29-15-11-8-12-16-29/h7-20,25-26,31H,6,21-24H2,1-5H3,(H,36,39)/t26-/m0/s1. The van der Waals surface area contributed by atoms with Crippen LogP contribution in [0.2, 0.25) is 0 Å². The van der Waals surface area contributed by atoms with Gasteiger partial charge >= 0.3 is 0 Å². The highest BCUT2D eigenvalue weighted by molar-refractivity contribution is 7.09. The molecule has 0 radical (unpaired) electrons. The number of nitrogens with one attached hydrogen (secondary N) is 1. The molecule has 0 aliphatic heterocycles. The maximum atomic E-state index is 12.7. The minimum atomic E-state index is -0.0885. The predicted octanol–water partition coefficient (Wildman–Crippen LogP) is 8.19. The van der Waals surface area contributed by atoms with Crippen LogP contribution in [0.25, 0.3) is 0 Å². The van der Waals surface area contributed by atoms with Crippen LogP contribution in [-0.4, -0.2) is 28.4 Å². The molecule has 4 aromatic rings. The zero-order valence-electron chi connectivity index (χ0n) is 24.6. The summed E-state index contributed by atoms with van der Waals surface area (Å²) < 4.78 is 0. The van der Waals surface area contributed by atoms with Crippen molar-refractivity contribution in [1.82, 2.24) is 15.2 Å². The molecule has 4 nitrogen and oxygen atoms in total. The molecule has 0 unspecified atom stereocenters. The molecule has 0 spiro atoms. The summed E-state index contributed by atoms with van der Waals surface area (Å²) >= 11 is 1.57. The van der Waals surface area contributed by atoms with E-state index in [1.54, 1.807) is 11.3 Å². The van der Waals surface area contributed by atoms with Gasteiger partial charge in [-0.15, -0.1) is 11.3 Å². The van der Waals surface area contributed by atoms with E-state index in [-0.39, 0.29) is 17.4 Å². The zero-order chi connectivity index (χ0) is 28.5. The Morgan fingerprint density at radius 3 is 2.05 bits per heavy atom. The fourth-order valence-electron chi connectivity index (χ4n) is 4.87. The van der Waals surface area contributed by atoms with Crippen molar-refractivity contribution < 1.29 is 4.79 Å². The van der Waals surface area contributed by atoms with Crippen LogP contribution in [0.4, 0.5) is 0 Å². The van der Waals surface area contributed by atoms with Gasteiger partial charge in [-0.2, -0.15) is 0 Å². The summed E-state index contributed by atoms with van der Waals surface area (Å²) in [4.78, 5) is 19.9. The molecular weight excluding hydrogens is 510 g/mol. The van der Waals surface area contributed by atoms with Crippen molar-refractivity contribution in [3.05, 3.63) is 123 Å². The van der Waals surface area contributed by atoms with Crippen LogP contribution in [-0.2, 0) is 18.5 Å². The SMILES string of the molecule is CC[C@H](C)NC(=O)c1csc(CN(CCC(c2ccccc2)c2ccccc2)Cc2ccc(C(C)(C)C)cc2)n1. The van der Waals surface area contributed by atoms with Crippen LogP contribution in [0, 0.1) is 0 Å². The number of nitrogens with zero attached hydrogens (tertiary/aromatic N) is 2. The lowest BCUT2D eigenvalue weighted by atomic mass is 9.86. The summed E-state index contributed by atoms with van der Waals surface area (Å²) in [5.74, 6) is 0.218. The Morgan fingerprint density at radius 2 is 1.50 bits per heavy atom. The summed E-state index contributed by atoms with van der Waals surface area (Å²) in [5.41, 5.74) is 5.94. The third-order valence-electron chi connectivity index (χ3n) is 7.50. The molecule has 3 aromatic carbocycles. The molecule has 0 saturated heterocycles. The normalized spacial score (nSPS) is 12.6. The average molecular weight is 554 g/mol. The summed E-state index contributed by atoms with van der Waals surface area (Å²) in [7, 11) is 0. The van der Waals surface area contributed by atoms with E-state index in [0.29, 0.717) is 18.2 Å². The minimum absolute atomic E-state index is 0.0885. The van der Waals surface area contributed by atoms with E-state index < -0.39 is 0 Å². The lowest BCUT2D eigenvalue weighted by molar-refractivity contribution is 0.0934. The van der Waals surface area contributed by atoms with Crippen LogP contribution < -0.4 is 5.32 Å². The van der Waals surface area contributed by atoms with Gasteiger partial charge in [-0.3, -0.25) is 9.69 Å². The second-order valence-electron chi connectivity index (χ2n) is 11.7. The molecule has 0 fully saturated rings. The molecule has 1 amide bonds. The Hall–Kier alpha value is -3.28. The zero-order valence-corrected chi connectivity index (χ0v) is 25.4. The molecule has 0 aliphatic carbocycles. The van der Waals surface area contributed by atoms with Crippen molar-refractivity contribution in [2.45, 2.75) is 77.9 Å². The van der Waals surface area contributed by atoms with Gasteiger partial charge in [0.15, 0.2) is 0 Å². The fraction of sp³-hybridized carbons (Fsp3) is 0.371. The van der Waals surface area contributed by atoms with Crippen LogP contribution in [0.15, 0.2) is 90.3 Å². The molecule has 0 aliphatic rings. The summed E-state index contributed by atoms with van der Waals surface area (Å²) in [6.07, 6.45) is 1.88. The van der Waals surface area contributed by atoms with Crippen LogP contribution >= 0.6 is 11.3 Å². The number of benzene rings is 3. The molecule has 5 heteroatoms. The van der Waals surface area contributed by atoms with Gasteiger partial charge < -0.3 is 5.32 Å². The van der Waals surface area contributed by atoms with Gasteiger partial charge in [0, 0.05) is 23.9 Å². The van der Waals surface area contributed by atoms with Crippen molar-refractivity contribution in [3.63, 3.8) is 0 Å². The Morgan fingerprint density at radius 1 is 0.900 bits per heavy atom. The highest BCUT2D eigenvalue weighted by Crippen LogP contribution is 2.29. The van der Waals surface area contributed by atoms with E-state index in [4.69, 9.17) is 4.98 Å². The maximum Gasteiger partial charge on any atom is 0.270 e. The molecule has 1 N–H and O–H groups in total. The van der Waals surface area contributed by atoms with Gasteiger partial charge in [0.1, 0.15) is 10.7 Å². The topological polar surface area (TPSA) is 45.2 Å². The monoisotopic (exact) mass is 553 g/mol. The van der Waals surface area contributed by atoms with E-state index in [2.05, 4.69) is 123 Å². The first-order valence-electron chi connectivity index (χ1n) is 14.4. The van der Waals surface area contributed by atoms with Crippen molar-refractivity contribution in [2.75, 3.05) is 6.54 Å². The molecule has 1 atom stereocenters. The molecule has 210 valence electrons. The first-order chi connectivity index (χ1) is 19.2. The number of amides is 1. The van der Waals surface area contributed by atoms with E-state index in [9.17, 15) is 4.79 Å². The van der Waals surface area contributed by atoms with Gasteiger partial charge in [0.25, 0.3) is 5.91 Å². The quantitative estimate of drug-likeness (QED) is 0.192. The number of hydrogen-bond acceptors (Lipinski definition) is 4. The third-order valence-corrected chi connectivity index (χ3v) is 8.33. The van der Waals surface area contributed by atoms with Gasteiger partial charge in [0.05, 0.1) is 6.54 Å². The van der Waals surface area contributed by atoms with Crippen molar-refractivity contribution in [1.29, 1.82) is 0 Å². The van der Waals surface area contributed by atoms with E-state index in [0.717, 1.165) is 30.9 Å².